The van der Waals surface area contributed by atoms with Crippen molar-refractivity contribution < 1.29 is 13.5 Å². The Morgan fingerprint density at radius 2 is 2.16 bits per heavy atom. The van der Waals surface area contributed by atoms with Crippen molar-refractivity contribution in [3.63, 3.8) is 0 Å². The SMILES string of the molecule is COc1c(Cl)ncnc1-c1cc2cccc(F)c2o1. The van der Waals surface area contributed by atoms with Crippen LogP contribution in [0.1, 0.15) is 0 Å². The summed E-state index contributed by atoms with van der Waals surface area (Å²) < 4.78 is 24.2. The quantitative estimate of drug-likeness (QED) is 0.671. The zero-order chi connectivity index (χ0) is 13.4. The van der Waals surface area contributed by atoms with E-state index in [2.05, 4.69) is 9.97 Å². The maximum Gasteiger partial charge on any atom is 0.185 e. The van der Waals surface area contributed by atoms with Gasteiger partial charge in [0.2, 0.25) is 0 Å². The molecule has 0 fully saturated rings. The Hall–Kier alpha value is -2.14. The second kappa shape index (κ2) is 4.51. The smallest absolute Gasteiger partial charge is 0.185 e. The van der Waals surface area contributed by atoms with Crippen molar-refractivity contribution in [2.24, 2.45) is 0 Å². The van der Waals surface area contributed by atoms with Crippen LogP contribution in [0.15, 0.2) is 35.0 Å². The molecular weight excluding hydrogens is 271 g/mol. The molecule has 0 unspecified atom stereocenters. The van der Waals surface area contributed by atoms with Gasteiger partial charge in [-0.05, 0) is 12.1 Å². The van der Waals surface area contributed by atoms with E-state index in [0.717, 1.165) is 0 Å². The molecule has 19 heavy (non-hydrogen) atoms. The lowest BCUT2D eigenvalue weighted by Gasteiger charge is -2.05. The van der Waals surface area contributed by atoms with Crippen LogP contribution < -0.4 is 4.74 Å². The molecule has 3 aromatic rings. The largest absolute Gasteiger partial charge is 0.491 e. The lowest BCUT2D eigenvalue weighted by atomic mass is 10.2. The number of hydrogen-bond acceptors (Lipinski definition) is 4. The Balaban J connectivity index is 2.25. The molecule has 0 aliphatic rings. The fraction of sp³-hybridized carbons (Fsp3) is 0.0769. The summed E-state index contributed by atoms with van der Waals surface area (Å²) in [4.78, 5) is 7.89. The number of methoxy groups -OCH3 is 1. The summed E-state index contributed by atoms with van der Waals surface area (Å²) in [6.07, 6.45) is 1.30. The second-order valence-corrected chi connectivity index (χ2v) is 4.17. The zero-order valence-electron chi connectivity index (χ0n) is 9.85. The minimum Gasteiger partial charge on any atom is -0.491 e. The van der Waals surface area contributed by atoms with Gasteiger partial charge in [-0.25, -0.2) is 14.4 Å². The van der Waals surface area contributed by atoms with Gasteiger partial charge in [0.1, 0.15) is 6.33 Å². The molecule has 0 atom stereocenters. The number of fused-ring (bicyclic) bond motifs is 1. The van der Waals surface area contributed by atoms with Crippen LogP contribution in [0.3, 0.4) is 0 Å². The molecule has 0 spiro atoms. The molecule has 0 bridgehead atoms. The minimum absolute atomic E-state index is 0.174. The standard InChI is InChI=1S/C13H8ClFN2O2/c1-18-12-10(16-6-17-13(12)14)9-5-7-3-2-4-8(15)11(7)19-9/h2-6H,1H3. The number of hydrogen-bond donors (Lipinski definition) is 0. The van der Waals surface area contributed by atoms with Crippen LogP contribution >= 0.6 is 11.6 Å². The van der Waals surface area contributed by atoms with E-state index in [-0.39, 0.29) is 10.7 Å². The van der Waals surface area contributed by atoms with Crippen LogP contribution in [-0.4, -0.2) is 17.1 Å². The van der Waals surface area contributed by atoms with E-state index in [1.807, 2.05) is 0 Å². The first-order chi connectivity index (χ1) is 9.20. The Labute approximate surface area is 112 Å². The Morgan fingerprint density at radius 1 is 1.32 bits per heavy atom. The lowest BCUT2D eigenvalue weighted by Crippen LogP contribution is -1.93. The van der Waals surface area contributed by atoms with Crippen LogP contribution in [0.25, 0.3) is 22.4 Å². The normalized spacial score (nSPS) is 10.9. The lowest BCUT2D eigenvalue weighted by molar-refractivity contribution is 0.411. The number of para-hydroxylation sites is 1. The summed E-state index contributed by atoms with van der Waals surface area (Å²) >= 11 is 5.92. The minimum atomic E-state index is -0.428. The van der Waals surface area contributed by atoms with Crippen molar-refractivity contribution in [3.8, 4) is 17.2 Å². The fourth-order valence-electron chi connectivity index (χ4n) is 1.85. The molecule has 0 saturated heterocycles. The van der Waals surface area contributed by atoms with Gasteiger partial charge in [-0.15, -0.1) is 0 Å². The second-order valence-electron chi connectivity index (χ2n) is 3.82. The summed E-state index contributed by atoms with van der Waals surface area (Å²) in [5.74, 6) is 0.243. The van der Waals surface area contributed by atoms with E-state index >= 15 is 0 Å². The molecule has 4 nitrogen and oxygen atoms in total. The number of aromatic nitrogens is 2. The molecule has 2 aromatic heterocycles. The third kappa shape index (κ3) is 1.92. The molecule has 0 aliphatic carbocycles. The van der Waals surface area contributed by atoms with E-state index in [1.165, 1.54) is 19.5 Å². The van der Waals surface area contributed by atoms with Gasteiger partial charge in [0.25, 0.3) is 0 Å². The number of rotatable bonds is 2. The Bertz CT molecular complexity index is 757. The van der Waals surface area contributed by atoms with E-state index in [0.29, 0.717) is 22.6 Å². The summed E-state index contributed by atoms with van der Waals surface area (Å²) in [6, 6.07) is 6.38. The van der Waals surface area contributed by atoms with Crippen LogP contribution in [-0.2, 0) is 0 Å². The number of benzene rings is 1. The van der Waals surface area contributed by atoms with Crippen molar-refractivity contribution >= 4 is 22.6 Å². The molecule has 0 aliphatic heterocycles. The number of nitrogens with zero attached hydrogens (tertiary/aromatic N) is 2. The van der Waals surface area contributed by atoms with Crippen LogP contribution in [0.2, 0.25) is 5.15 Å². The monoisotopic (exact) mass is 278 g/mol. The van der Waals surface area contributed by atoms with Gasteiger partial charge in [-0.2, -0.15) is 0 Å². The molecule has 0 radical (unpaired) electrons. The predicted molar refractivity (Wildman–Crippen MR) is 68.8 cm³/mol. The molecule has 0 saturated carbocycles. The first-order valence-corrected chi connectivity index (χ1v) is 5.81. The molecule has 1 aromatic carbocycles. The third-order valence-corrected chi connectivity index (χ3v) is 2.96. The fourth-order valence-corrected chi connectivity index (χ4v) is 2.06. The van der Waals surface area contributed by atoms with Crippen LogP contribution in [0, 0.1) is 5.82 Å². The number of halogens is 2. The van der Waals surface area contributed by atoms with Gasteiger partial charge in [-0.1, -0.05) is 23.7 Å². The van der Waals surface area contributed by atoms with Gasteiger partial charge in [0.15, 0.2) is 33.8 Å². The topological polar surface area (TPSA) is 48.2 Å². The zero-order valence-corrected chi connectivity index (χ0v) is 10.6. The highest BCUT2D eigenvalue weighted by atomic mass is 35.5. The van der Waals surface area contributed by atoms with Gasteiger partial charge in [0, 0.05) is 5.39 Å². The van der Waals surface area contributed by atoms with Crippen LogP contribution in [0.5, 0.6) is 5.75 Å². The third-order valence-electron chi connectivity index (χ3n) is 2.69. The maximum atomic E-state index is 13.6. The summed E-state index contributed by atoms with van der Waals surface area (Å²) in [6.45, 7) is 0. The predicted octanol–water partition coefficient (Wildman–Crippen LogP) is 3.69. The maximum absolute atomic E-state index is 13.6. The van der Waals surface area contributed by atoms with E-state index < -0.39 is 5.82 Å². The van der Waals surface area contributed by atoms with Crippen molar-refractivity contribution in [2.75, 3.05) is 7.11 Å². The highest BCUT2D eigenvalue weighted by Crippen LogP contribution is 2.36. The van der Waals surface area contributed by atoms with Crippen molar-refractivity contribution in [2.45, 2.75) is 0 Å². The van der Waals surface area contributed by atoms with Crippen molar-refractivity contribution in [1.29, 1.82) is 0 Å². The molecular formula is C13H8ClFN2O2. The van der Waals surface area contributed by atoms with Crippen molar-refractivity contribution in [1.82, 2.24) is 9.97 Å². The van der Waals surface area contributed by atoms with E-state index in [1.54, 1.807) is 18.2 Å². The van der Waals surface area contributed by atoms with Gasteiger partial charge in [0.05, 0.1) is 7.11 Å². The number of ether oxygens (including phenoxy) is 1. The van der Waals surface area contributed by atoms with E-state index in [4.69, 9.17) is 20.8 Å². The molecule has 96 valence electrons. The average molecular weight is 279 g/mol. The molecule has 2 heterocycles. The van der Waals surface area contributed by atoms with Gasteiger partial charge >= 0.3 is 0 Å². The summed E-state index contributed by atoms with van der Waals surface area (Å²) in [5.41, 5.74) is 0.562. The molecule has 6 heteroatoms. The Morgan fingerprint density at radius 3 is 2.89 bits per heavy atom. The molecule has 0 amide bonds. The molecule has 3 rings (SSSR count). The Kier molecular flexibility index (Phi) is 2.83. The van der Waals surface area contributed by atoms with Gasteiger partial charge in [-0.3, -0.25) is 0 Å². The highest BCUT2D eigenvalue weighted by molar-refractivity contribution is 6.31. The first kappa shape index (κ1) is 11.9. The summed E-state index contributed by atoms with van der Waals surface area (Å²) in [5, 5.41) is 0.820. The average Bonchev–Trinajstić information content (AvgIpc) is 2.84. The van der Waals surface area contributed by atoms with Crippen molar-refractivity contribution in [3.05, 3.63) is 41.6 Å². The molecule has 0 N–H and O–H groups in total. The van der Waals surface area contributed by atoms with Crippen LogP contribution in [0.4, 0.5) is 4.39 Å². The van der Waals surface area contributed by atoms with E-state index in [9.17, 15) is 4.39 Å². The summed E-state index contributed by atoms with van der Waals surface area (Å²) in [7, 11) is 1.46. The van der Waals surface area contributed by atoms with Gasteiger partial charge < -0.3 is 9.15 Å². The highest BCUT2D eigenvalue weighted by Gasteiger charge is 2.17. The first-order valence-electron chi connectivity index (χ1n) is 5.43. The number of furan rings is 1.